The van der Waals surface area contributed by atoms with Gasteiger partial charge in [-0.2, -0.15) is 0 Å². The maximum Gasteiger partial charge on any atom is 0.228 e. The van der Waals surface area contributed by atoms with Crippen LogP contribution in [0.3, 0.4) is 0 Å². The van der Waals surface area contributed by atoms with E-state index in [2.05, 4.69) is 32.2 Å². The average molecular weight is 317 g/mol. The molecule has 1 atom stereocenters. The van der Waals surface area contributed by atoms with Crippen LogP contribution in [0.25, 0.3) is 0 Å². The third-order valence-electron chi connectivity index (χ3n) is 2.68. The molecule has 0 fully saturated rings. The van der Waals surface area contributed by atoms with E-state index in [9.17, 15) is 4.79 Å². The fraction of sp³-hybridized carbons (Fsp3) is 0.533. The lowest BCUT2D eigenvalue weighted by Gasteiger charge is -2.19. The van der Waals surface area contributed by atoms with E-state index >= 15 is 0 Å². The van der Waals surface area contributed by atoms with Gasteiger partial charge in [0.1, 0.15) is 0 Å². The fourth-order valence-electron chi connectivity index (χ4n) is 1.56. The Morgan fingerprint density at radius 3 is 2.45 bits per heavy atom. The first-order chi connectivity index (χ1) is 8.73. The average Bonchev–Trinajstić information content (AvgIpc) is 2.29. The van der Waals surface area contributed by atoms with Gasteiger partial charge >= 0.3 is 0 Å². The summed E-state index contributed by atoms with van der Waals surface area (Å²) in [5.74, 6) is -0.190. The molecule has 1 amide bonds. The van der Waals surface area contributed by atoms with Crippen LogP contribution in [0.1, 0.15) is 33.3 Å². The number of aryl methyl sites for hydroxylation is 1. The molecule has 3 N–H and O–H groups in total. The van der Waals surface area contributed by atoms with Crippen molar-refractivity contribution in [2.45, 2.75) is 44.3 Å². The number of carbonyl (C=O) groups excluding carboxylic acids is 1. The van der Waals surface area contributed by atoms with Crippen LogP contribution in [0.15, 0.2) is 23.1 Å². The van der Waals surface area contributed by atoms with E-state index < -0.39 is 0 Å². The lowest BCUT2D eigenvalue weighted by Crippen LogP contribution is -2.26. The molecule has 0 radical (unpaired) electrons. The zero-order chi connectivity index (χ0) is 14.6. The molecule has 1 aromatic rings. The number of amides is 1. The number of benzene rings is 1. The third kappa shape index (κ3) is 6.16. The molecule has 0 spiro atoms. The van der Waals surface area contributed by atoms with Crippen LogP contribution >= 0.6 is 24.2 Å². The van der Waals surface area contributed by atoms with Crippen molar-refractivity contribution in [1.82, 2.24) is 0 Å². The number of anilines is 1. The predicted octanol–water partition coefficient (Wildman–Crippen LogP) is 3.84. The van der Waals surface area contributed by atoms with Crippen molar-refractivity contribution in [3.63, 3.8) is 0 Å². The van der Waals surface area contributed by atoms with Crippen molar-refractivity contribution in [2.24, 2.45) is 11.7 Å². The summed E-state index contributed by atoms with van der Waals surface area (Å²) >= 11 is 1.82. The Labute approximate surface area is 132 Å². The molecular formula is C15H25ClN2OS. The van der Waals surface area contributed by atoms with Crippen molar-refractivity contribution in [3.05, 3.63) is 23.8 Å². The zero-order valence-corrected chi connectivity index (χ0v) is 14.5. The van der Waals surface area contributed by atoms with Gasteiger partial charge in [-0.25, -0.2) is 0 Å². The van der Waals surface area contributed by atoms with Gasteiger partial charge in [-0.3, -0.25) is 4.79 Å². The molecule has 3 nitrogen and oxygen atoms in total. The highest BCUT2D eigenvalue weighted by Crippen LogP contribution is 2.33. The molecule has 0 heterocycles. The number of nitrogens with two attached hydrogens (primary N) is 1. The lowest BCUT2D eigenvalue weighted by molar-refractivity contribution is -0.119. The Balaban J connectivity index is 0.00000361. The van der Waals surface area contributed by atoms with Crippen LogP contribution in [0.4, 0.5) is 5.69 Å². The second-order valence-electron chi connectivity index (χ2n) is 5.82. The minimum atomic E-state index is -0.164. The van der Waals surface area contributed by atoms with E-state index in [1.165, 1.54) is 4.90 Å². The van der Waals surface area contributed by atoms with Crippen LogP contribution in [0.2, 0.25) is 0 Å². The van der Waals surface area contributed by atoms with Gasteiger partial charge in [0.25, 0.3) is 0 Å². The molecule has 0 saturated heterocycles. The molecule has 0 aliphatic rings. The normalized spacial score (nSPS) is 12.5. The van der Waals surface area contributed by atoms with Crippen LogP contribution in [-0.2, 0) is 4.79 Å². The largest absolute Gasteiger partial charge is 0.330 e. The van der Waals surface area contributed by atoms with Gasteiger partial charge in [0, 0.05) is 27.8 Å². The Hall–Kier alpha value is -0.710. The van der Waals surface area contributed by atoms with Crippen molar-refractivity contribution in [2.75, 3.05) is 11.9 Å². The molecule has 0 bridgehead atoms. The summed E-state index contributed by atoms with van der Waals surface area (Å²) in [6, 6.07) is 6.12. The van der Waals surface area contributed by atoms with Crippen LogP contribution in [0.5, 0.6) is 0 Å². The molecule has 1 rings (SSSR count). The molecule has 1 unspecified atom stereocenters. The summed E-state index contributed by atoms with van der Waals surface area (Å²) in [7, 11) is 0. The van der Waals surface area contributed by atoms with E-state index in [-0.39, 0.29) is 29.0 Å². The van der Waals surface area contributed by atoms with Crippen LogP contribution in [0, 0.1) is 12.8 Å². The molecule has 5 heteroatoms. The van der Waals surface area contributed by atoms with Crippen LogP contribution in [-0.4, -0.2) is 17.2 Å². The van der Waals surface area contributed by atoms with Gasteiger partial charge in [-0.1, -0.05) is 27.7 Å². The quantitative estimate of drug-likeness (QED) is 0.830. The zero-order valence-electron chi connectivity index (χ0n) is 12.8. The van der Waals surface area contributed by atoms with E-state index in [1.54, 1.807) is 0 Å². The molecule has 0 aliphatic heterocycles. The van der Waals surface area contributed by atoms with Gasteiger partial charge in [0.2, 0.25) is 5.91 Å². The first-order valence-corrected chi connectivity index (χ1v) is 7.35. The van der Waals surface area contributed by atoms with Crippen molar-refractivity contribution in [1.29, 1.82) is 0 Å². The Morgan fingerprint density at radius 1 is 1.40 bits per heavy atom. The van der Waals surface area contributed by atoms with Crippen molar-refractivity contribution < 1.29 is 4.79 Å². The minimum Gasteiger partial charge on any atom is -0.330 e. The number of halogens is 1. The number of rotatable bonds is 4. The number of nitrogens with one attached hydrogen (secondary N) is 1. The van der Waals surface area contributed by atoms with Gasteiger partial charge in [0.15, 0.2) is 0 Å². The second-order valence-corrected chi connectivity index (χ2v) is 7.72. The Kier molecular flexibility index (Phi) is 7.63. The monoisotopic (exact) mass is 316 g/mol. The SMILES string of the molecule is Cc1cc(SC(C)(C)C)ccc1NC(=O)C(C)CN.Cl. The van der Waals surface area contributed by atoms with E-state index in [4.69, 9.17) is 5.73 Å². The molecular weight excluding hydrogens is 292 g/mol. The third-order valence-corrected chi connectivity index (χ3v) is 3.78. The molecule has 0 aliphatic carbocycles. The maximum absolute atomic E-state index is 11.8. The van der Waals surface area contributed by atoms with Crippen molar-refractivity contribution >= 4 is 35.8 Å². The van der Waals surface area contributed by atoms with E-state index in [0.717, 1.165) is 11.3 Å². The number of hydrogen-bond acceptors (Lipinski definition) is 3. The standard InChI is InChI=1S/C15H24N2OS.ClH/c1-10-8-12(19-15(3,4)5)6-7-13(10)17-14(18)11(2)9-16;/h6-8,11H,9,16H2,1-5H3,(H,17,18);1H. The van der Waals surface area contributed by atoms with Crippen LogP contribution < -0.4 is 11.1 Å². The summed E-state index contributed by atoms with van der Waals surface area (Å²) < 4.78 is 0.186. The number of thioether (sulfide) groups is 1. The maximum atomic E-state index is 11.8. The molecule has 0 aromatic heterocycles. The highest BCUT2D eigenvalue weighted by Gasteiger charge is 2.14. The van der Waals surface area contributed by atoms with Gasteiger partial charge in [-0.15, -0.1) is 24.2 Å². The Morgan fingerprint density at radius 2 is 2.00 bits per heavy atom. The summed E-state index contributed by atoms with van der Waals surface area (Å²) in [6.45, 7) is 10.8. The lowest BCUT2D eigenvalue weighted by atomic mass is 10.1. The number of carbonyl (C=O) groups is 1. The van der Waals surface area contributed by atoms with Gasteiger partial charge in [-0.05, 0) is 30.7 Å². The number of hydrogen-bond donors (Lipinski definition) is 2. The first kappa shape index (κ1) is 19.3. The highest BCUT2D eigenvalue weighted by molar-refractivity contribution is 8.00. The predicted molar refractivity (Wildman–Crippen MR) is 90.9 cm³/mol. The van der Waals surface area contributed by atoms with Gasteiger partial charge in [0.05, 0.1) is 0 Å². The molecule has 114 valence electrons. The van der Waals surface area contributed by atoms with E-state index in [0.29, 0.717) is 6.54 Å². The topological polar surface area (TPSA) is 55.1 Å². The van der Waals surface area contributed by atoms with Crippen molar-refractivity contribution in [3.8, 4) is 0 Å². The smallest absolute Gasteiger partial charge is 0.228 e. The second kappa shape index (κ2) is 7.91. The minimum absolute atomic E-state index is 0. The Bertz CT molecular complexity index is 458. The summed E-state index contributed by atoms with van der Waals surface area (Å²) in [4.78, 5) is 13.0. The molecule has 1 aromatic carbocycles. The highest BCUT2D eigenvalue weighted by atomic mass is 35.5. The molecule has 20 heavy (non-hydrogen) atoms. The fourth-order valence-corrected chi connectivity index (χ4v) is 2.64. The first-order valence-electron chi connectivity index (χ1n) is 6.53. The molecule has 0 saturated carbocycles. The summed E-state index contributed by atoms with van der Waals surface area (Å²) in [5.41, 5.74) is 7.43. The van der Waals surface area contributed by atoms with Gasteiger partial charge < -0.3 is 11.1 Å². The summed E-state index contributed by atoms with van der Waals surface area (Å²) in [6.07, 6.45) is 0. The summed E-state index contributed by atoms with van der Waals surface area (Å²) in [5, 5.41) is 2.92. The van der Waals surface area contributed by atoms with E-state index in [1.807, 2.05) is 37.7 Å².